The van der Waals surface area contributed by atoms with Gasteiger partial charge in [0.1, 0.15) is 11.3 Å². The van der Waals surface area contributed by atoms with Crippen LogP contribution in [0, 0.1) is 0 Å². The molecule has 0 saturated carbocycles. The molecule has 1 aromatic heterocycles. The first kappa shape index (κ1) is 12.0. The molecule has 0 radical (unpaired) electrons. The number of nitrogens with one attached hydrogen (secondary N) is 1. The number of carboxylic acids is 1. The molecule has 94 valence electrons. The third kappa shape index (κ3) is 2.45. The topological polar surface area (TPSA) is 75.2 Å². The number of rotatable bonds is 4. The highest BCUT2D eigenvalue weighted by molar-refractivity contribution is 5.94. The van der Waals surface area contributed by atoms with Crippen LogP contribution < -0.4 is 4.74 Å². The van der Waals surface area contributed by atoms with E-state index in [-0.39, 0.29) is 11.3 Å². The van der Waals surface area contributed by atoms with E-state index in [4.69, 9.17) is 5.11 Å². The van der Waals surface area contributed by atoms with Crippen LogP contribution in [0.5, 0.6) is 5.75 Å². The molecule has 0 unspecified atom stereocenters. The van der Waals surface area contributed by atoms with Crippen molar-refractivity contribution < 1.29 is 23.4 Å². The highest BCUT2D eigenvalue weighted by Crippen LogP contribution is 2.24. The van der Waals surface area contributed by atoms with Crippen LogP contribution in [0.1, 0.15) is 10.4 Å². The highest BCUT2D eigenvalue weighted by atomic mass is 19.3. The summed E-state index contributed by atoms with van der Waals surface area (Å²) >= 11 is 0. The van der Waals surface area contributed by atoms with Gasteiger partial charge in [0.05, 0.1) is 11.9 Å². The number of H-pyrrole nitrogens is 1. The van der Waals surface area contributed by atoms with E-state index in [1.807, 2.05) is 0 Å². The zero-order valence-corrected chi connectivity index (χ0v) is 8.93. The number of hydrogen-bond acceptors (Lipinski definition) is 3. The van der Waals surface area contributed by atoms with Crippen molar-refractivity contribution in [2.75, 3.05) is 0 Å². The average Bonchev–Trinajstić information content (AvgIpc) is 2.78. The molecule has 5 nitrogen and oxygen atoms in total. The van der Waals surface area contributed by atoms with Crippen LogP contribution in [0.2, 0.25) is 0 Å². The van der Waals surface area contributed by atoms with Crippen LogP contribution in [-0.4, -0.2) is 27.9 Å². The maximum atomic E-state index is 11.9. The summed E-state index contributed by atoms with van der Waals surface area (Å²) in [6.45, 7) is -2.89. The molecule has 0 spiro atoms. The first-order chi connectivity index (χ1) is 8.58. The van der Waals surface area contributed by atoms with Gasteiger partial charge in [-0.1, -0.05) is 0 Å². The summed E-state index contributed by atoms with van der Waals surface area (Å²) < 4.78 is 28.1. The molecule has 0 amide bonds. The predicted octanol–water partition coefficient (Wildman–Crippen LogP) is 2.38. The summed E-state index contributed by atoms with van der Waals surface area (Å²) in [6.07, 6.45) is 1.18. The Bertz CT molecular complexity index is 552. The minimum Gasteiger partial charge on any atom is -0.478 e. The van der Waals surface area contributed by atoms with Crippen LogP contribution >= 0.6 is 0 Å². The summed E-state index contributed by atoms with van der Waals surface area (Å²) in [5.41, 5.74) is 0.843. The lowest BCUT2D eigenvalue weighted by molar-refractivity contribution is -0.0498. The number of carboxylic acid groups (broad SMARTS) is 1. The van der Waals surface area contributed by atoms with Crippen molar-refractivity contribution in [2.24, 2.45) is 0 Å². The van der Waals surface area contributed by atoms with Crippen molar-refractivity contribution in [2.45, 2.75) is 6.61 Å². The van der Waals surface area contributed by atoms with E-state index in [1.165, 1.54) is 30.5 Å². The molecule has 7 heteroatoms. The molecule has 0 aliphatic heterocycles. The van der Waals surface area contributed by atoms with Gasteiger partial charge in [-0.05, 0) is 24.3 Å². The molecule has 2 rings (SSSR count). The number of aromatic nitrogens is 2. The maximum absolute atomic E-state index is 11.9. The molecular formula is C11H8F2N2O3. The Kier molecular flexibility index (Phi) is 3.22. The number of nitrogens with zero attached hydrogens (tertiary/aromatic N) is 1. The monoisotopic (exact) mass is 254 g/mol. The van der Waals surface area contributed by atoms with Crippen LogP contribution in [0.4, 0.5) is 8.78 Å². The molecule has 2 aromatic rings. The number of halogens is 2. The van der Waals surface area contributed by atoms with Crippen molar-refractivity contribution in [3.8, 4) is 17.0 Å². The quantitative estimate of drug-likeness (QED) is 0.878. The number of hydrogen-bond donors (Lipinski definition) is 2. The van der Waals surface area contributed by atoms with Gasteiger partial charge < -0.3 is 9.84 Å². The second-order valence-corrected chi connectivity index (χ2v) is 3.37. The molecule has 0 atom stereocenters. The lowest BCUT2D eigenvalue weighted by Crippen LogP contribution is -2.01. The van der Waals surface area contributed by atoms with Crippen molar-refractivity contribution in [3.63, 3.8) is 0 Å². The third-order valence-electron chi connectivity index (χ3n) is 2.24. The van der Waals surface area contributed by atoms with Crippen molar-refractivity contribution >= 4 is 5.97 Å². The number of aromatic amines is 1. The smallest absolute Gasteiger partial charge is 0.387 e. The normalized spacial score (nSPS) is 10.6. The maximum Gasteiger partial charge on any atom is 0.387 e. The van der Waals surface area contributed by atoms with E-state index >= 15 is 0 Å². The van der Waals surface area contributed by atoms with E-state index in [2.05, 4.69) is 14.9 Å². The fourth-order valence-corrected chi connectivity index (χ4v) is 1.47. The Labute approximate surface area is 100 Å². The van der Waals surface area contributed by atoms with Gasteiger partial charge >= 0.3 is 12.6 Å². The van der Waals surface area contributed by atoms with Crippen molar-refractivity contribution in [1.29, 1.82) is 0 Å². The number of benzene rings is 1. The summed E-state index contributed by atoms with van der Waals surface area (Å²) in [4.78, 5) is 10.9. The molecule has 0 aliphatic carbocycles. The summed E-state index contributed by atoms with van der Waals surface area (Å²) in [7, 11) is 0. The van der Waals surface area contributed by atoms with E-state index < -0.39 is 12.6 Å². The van der Waals surface area contributed by atoms with Gasteiger partial charge in [-0.3, -0.25) is 5.10 Å². The van der Waals surface area contributed by atoms with Gasteiger partial charge in [0.2, 0.25) is 0 Å². The van der Waals surface area contributed by atoms with E-state index in [1.54, 1.807) is 0 Å². The molecule has 1 aromatic carbocycles. The van der Waals surface area contributed by atoms with Gasteiger partial charge in [0.15, 0.2) is 0 Å². The Morgan fingerprint density at radius 1 is 1.33 bits per heavy atom. The van der Waals surface area contributed by atoms with E-state index in [0.29, 0.717) is 11.3 Å². The largest absolute Gasteiger partial charge is 0.478 e. The first-order valence-electron chi connectivity index (χ1n) is 4.90. The van der Waals surface area contributed by atoms with Crippen LogP contribution in [0.15, 0.2) is 30.5 Å². The van der Waals surface area contributed by atoms with Crippen molar-refractivity contribution in [3.05, 3.63) is 36.0 Å². The van der Waals surface area contributed by atoms with Gasteiger partial charge in [0.25, 0.3) is 0 Å². The molecule has 18 heavy (non-hydrogen) atoms. The summed E-state index contributed by atoms with van der Waals surface area (Å²) in [5, 5.41) is 15.1. The Balaban J connectivity index is 2.29. The highest BCUT2D eigenvalue weighted by Gasteiger charge is 2.14. The Hall–Kier alpha value is -2.44. The fourth-order valence-electron chi connectivity index (χ4n) is 1.47. The standard InChI is InChI=1S/C11H8F2N2O3/c12-11(13)18-7-3-1-6(2-4-7)9-8(10(16)17)5-14-15-9/h1-5,11H,(H,14,15)(H,16,17). The minimum atomic E-state index is -2.89. The van der Waals surface area contributed by atoms with Gasteiger partial charge in [-0.25, -0.2) is 4.79 Å². The molecule has 1 heterocycles. The third-order valence-corrected chi connectivity index (χ3v) is 2.24. The summed E-state index contributed by atoms with van der Waals surface area (Å²) in [5.74, 6) is -1.11. The number of alkyl halides is 2. The van der Waals surface area contributed by atoms with Crippen LogP contribution in [-0.2, 0) is 0 Å². The zero-order valence-electron chi connectivity index (χ0n) is 8.93. The van der Waals surface area contributed by atoms with E-state index in [0.717, 1.165) is 0 Å². The molecule has 2 N–H and O–H groups in total. The van der Waals surface area contributed by atoms with Crippen LogP contribution in [0.3, 0.4) is 0 Å². The van der Waals surface area contributed by atoms with Gasteiger partial charge in [-0.2, -0.15) is 13.9 Å². The number of carbonyl (C=O) groups is 1. The molecule has 0 bridgehead atoms. The van der Waals surface area contributed by atoms with Crippen LogP contribution in [0.25, 0.3) is 11.3 Å². The predicted molar refractivity (Wildman–Crippen MR) is 57.6 cm³/mol. The average molecular weight is 254 g/mol. The SMILES string of the molecule is O=C(O)c1cn[nH]c1-c1ccc(OC(F)F)cc1. The van der Waals surface area contributed by atoms with Gasteiger partial charge in [0, 0.05) is 5.56 Å². The van der Waals surface area contributed by atoms with Gasteiger partial charge in [-0.15, -0.1) is 0 Å². The number of ether oxygens (including phenoxy) is 1. The minimum absolute atomic E-state index is 0.00476. The van der Waals surface area contributed by atoms with Crippen molar-refractivity contribution in [1.82, 2.24) is 10.2 Å². The number of aromatic carboxylic acids is 1. The van der Waals surface area contributed by atoms with E-state index in [9.17, 15) is 13.6 Å². The Morgan fingerprint density at radius 3 is 2.56 bits per heavy atom. The molecular weight excluding hydrogens is 246 g/mol. The second kappa shape index (κ2) is 4.82. The molecule has 0 saturated heterocycles. The Morgan fingerprint density at radius 2 is 2.00 bits per heavy atom. The second-order valence-electron chi connectivity index (χ2n) is 3.37. The summed E-state index contributed by atoms with van der Waals surface area (Å²) in [6, 6.07) is 5.59. The first-order valence-corrected chi connectivity index (χ1v) is 4.90. The molecule has 0 aliphatic rings. The molecule has 0 fully saturated rings. The lowest BCUT2D eigenvalue weighted by atomic mass is 10.1. The lowest BCUT2D eigenvalue weighted by Gasteiger charge is -2.05. The fraction of sp³-hybridized carbons (Fsp3) is 0.0909. The zero-order chi connectivity index (χ0) is 13.1.